The molecule has 1 amide bonds. The number of amides is 1. The van der Waals surface area contributed by atoms with Gasteiger partial charge < -0.3 is 14.4 Å². The van der Waals surface area contributed by atoms with Crippen molar-refractivity contribution < 1.29 is 19.4 Å². The van der Waals surface area contributed by atoms with Gasteiger partial charge in [-0.05, 0) is 11.1 Å². The summed E-state index contributed by atoms with van der Waals surface area (Å²) in [4.78, 5) is 36.6. The molecule has 4 rings (SSSR count). The molecule has 0 saturated heterocycles. The first kappa shape index (κ1) is 21.3. The fourth-order valence-corrected chi connectivity index (χ4v) is 3.37. The van der Waals surface area contributed by atoms with Crippen LogP contribution in [-0.4, -0.2) is 36.7 Å². The average Bonchev–Trinajstić information content (AvgIpc) is 3.21. The number of nitrogens with one attached hydrogen (secondary N) is 1. The van der Waals surface area contributed by atoms with Crippen LogP contribution in [0.4, 0.5) is 10.7 Å². The molecule has 9 nitrogen and oxygen atoms in total. The van der Waals surface area contributed by atoms with Crippen molar-refractivity contribution in [3.63, 3.8) is 0 Å². The van der Waals surface area contributed by atoms with Crippen LogP contribution in [0, 0.1) is 0 Å². The summed E-state index contributed by atoms with van der Waals surface area (Å²) in [5.41, 5.74) is 2.07. The van der Waals surface area contributed by atoms with Crippen LogP contribution in [0.5, 0.6) is 0 Å². The molecule has 0 spiro atoms. The number of carbonyl (C=O) groups excluding carboxylic acids is 1. The highest BCUT2D eigenvalue weighted by atomic mass is 35.5. The van der Waals surface area contributed by atoms with Crippen LogP contribution < -0.4 is 5.32 Å². The highest BCUT2D eigenvalue weighted by molar-refractivity contribution is 6.33. The van der Waals surface area contributed by atoms with Gasteiger partial charge >= 0.3 is 12.1 Å². The standard InChI is InChI=1S/C22H18ClN5O4/c23-18-17-19(26-21(25-18)27-22(31)32-12-15-9-5-2-6-10-15)28(13-24-17)16(20(29)30)11-14-7-3-1-4-8-14/h1-10,13,16H,11-12H2,(H,29,30)(H,25,26,27,31). The Balaban J connectivity index is 1.57. The minimum atomic E-state index is -1.06. The molecule has 0 saturated carbocycles. The van der Waals surface area contributed by atoms with Gasteiger partial charge in [0.2, 0.25) is 5.95 Å². The van der Waals surface area contributed by atoms with E-state index in [0.29, 0.717) is 0 Å². The summed E-state index contributed by atoms with van der Waals surface area (Å²) in [5.74, 6) is -1.18. The molecule has 1 unspecified atom stereocenters. The fraction of sp³-hybridized carbons (Fsp3) is 0.136. The van der Waals surface area contributed by atoms with Crippen molar-refractivity contribution in [3.05, 3.63) is 83.3 Å². The molecule has 2 aromatic heterocycles. The maximum Gasteiger partial charge on any atom is 0.414 e. The molecule has 0 aliphatic heterocycles. The number of nitrogens with zero attached hydrogens (tertiary/aromatic N) is 4. The first-order chi connectivity index (χ1) is 15.5. The summed E-state index contributed by atoms with van der Waals surface area (Å²) in [6.45, 7) is 0.0682. The number of hydrogen-bond acceptors (Lipinski definition) is 6. The number of carboxylic acid groups (broad SMARTS) is 1. The van der Waals surface area contributed by atoms with Crippen molar-refractivity contribution in [2.75, 3.05) is 5.32 Å². The smallest absolute Gasteiger partial charge is 0.414 e. The molecule has 0 radical (unpaired) electrons. The third-order valence-corrected chi connectivity index (χ3v) is 4.96. The van der Waals surface area contributed by atoms with Gasteiger partial charge in [-0.15, -0.1) is 0 Å². The molecule has 0 aliphatic carbocycles. The van der Waals surface area contributed by atoms with Crippen molar-refractivity contribution >= 4 is 40.8 Å². The molecule has 32 heavy (non-hydrogen) atoms. The highest BCUT2D eigenvalue weighted by Crippen LogP contribution is 2.25. The summed E-state index contributed by atoms with van der Waals surface area (Å²) in [6.07, 6.45) is 0.796. The van der Waals surface area contributed by atoms with Gasteiger partial charge in [0.15, 0.2) is 10.8 Å². The van der Waals surface area contributed by atoms with Crippen molar-refractivity contribution in [2.45, 2.75) is 19.1 Å². The maximum absolute atomic E-state index is 12.2. The molecule has 2 aromatic carbocycles. The summed E-state index contributed by atoms with van der Waals surface area (Å²) in [7, 11) is 0. The molecule has 10 heteroatoms. The van der Waals surface area contributed by atoms with Gasteiger partial charge in [0.1, 0.15) is 18.2 Å². The highest BCUT2D eigenvalue weighted by Gasteiger charge is 2.24. The maximum atomic E-state index is 12.2. The summed E-state index contributed by atoms with van der Waals surface area (Å²) in [5, 5.41) is 12.2. The number of fused-ring (bicyclic) bond motifs is 1. The third-order valence-electron chi connectivity index (χ3n) is 4.70. The van der Waals surface area contributed by atoms with E-state index in [0.717, 1.165) is 11.1 Å². The number of rotatable bonds is 7. The molecule has 1 atom stereocenters. The number of halogens is 1. The van der Waals surface area contributed by atoms with Gasteiger partial charge in [-0.25, -0.2) is 14.6 Å². The first-order valence-electron chi connectivity index (χ1n) is 9.66. The lowest BCUT2D eigenvalue weighted by Gasteiger charge is -2.15. The van der Waals surface area contributed by atoms with E-state index in [4.69, 9.17) is 16.3 Å². The van der Waals surface area contributed by atoms with Crippen LogP contribution in [0.15, 0.2) is 67.0 Å². The first-order valence-corrected chi connectivity index (χ1v) is 10.0. The third kappa shape index (κ3) is 4.84. The second-order valence-corrected chi connectivity index (χ2v) is 7.25. The monoisotopic (exact) mass is 451 g/mol. The van der Waals surface area contributed by atoms with Crippen molar-refractivity contribution in [2.24, 2.45) is 0 Å². The van der Waals surface area contributed by atoms with E-state index in [1.54, 1.807) is 0 Å². The second kappa shape index (κ2) is 9.44. The molecule has 0 bridgehead atoms. The Bertz CT molecular complexity index is 1250. The lowest BCUT2D eigenvalue weighted by atomic mass is 10.1. The topological polar surface area (TPSA) is 119 Å². The quantitative estimate of drug-likeness (QED) is 0.406. The van der Waals surface area contributed by atoms with Crippen LogP contribution >= 0.6 is 11.6 Å². The summed E-state index contributed by atoms with van der Waals surface area (Å²) in [6, 6.07) is 17.4. The Hall–Kier alpha value is -3.98. The molecular formula is C22H18ClN5O4. The molecule has 2 N–H and O–H groups in total. The van der Waals surface area contributed by atoms with Crippen LogP contribution in [-0.2, 0) is 22.6 Å². The van der Waals surface area contributed by atoms with Crippen LogP contribution in [0.1, 0.15) is 17.2 Å². The SMILES string of the molecule is O=C(Nc1nc(Cl)c2ncn(C(Cc3ccccc3)C(=O)O)c2n1)OCc1ccccc1. The zero-order valence-electron chi connectivity index (χ0n) is 16.7. The lowest BCUT2D eigenvalue weighted by molar-refractivity contribution is -0.140. The Morgan fingerprint density at radius 2 is 1.69 bits per heavy atom. The number of carbonyl (C=O) groups is 2. The number of aromatic nitrogens is 4. The van der Waals surface area contributed by atoms with E-state index in [1.807, 2.05) is 60.7 Å². The van der Waals surface area contributed by atoms with Gasteiger partial charge in [0.25, 0.3) is 0 Å². The Morgan fingerprint density at radius 3 is 2.34 bits per heavy atom. The average molecular weight is 452 g/mol. The molecule has 0 aliphatic rings. The predicted octanol–water partition coefficient (Wildman–Crippen LogP) is 4.10. The van der Waals surface area contributed by atoms with Crippen molar-refractivity contribution in [1.82, 2.24) is 19.5 Å². The number of imidazole rings is 1. The largest absolute Gasteiger partial charge is 0.480 e. The molecular weight excluding hydrogens is 434 g/mol. The minimum absolute atomic E-state index is 0.0176. The zero-order chi connectivity index (χ0) is 22.5. The Kier molecular flexibility index (Phi) is 6.27. The normalized spacial score (nSPS) is 11.8. The van der Waals surface area contributed by atoms with E-state index in [9.17, 15) is 14.7 Å². The fourth-order valence-electron chi connectivity index (χ4n) is 3.16. The number of carboxylic acids is 1. The van der Waals surface area contributed by atoms with E-state index < -0.39 is 18.1 Å². The van der Waals surface area contributed by atoms with E-state index in [2.05, 4.69) is 20.3 Å². The van der Waals surface area contributed by atoms with Crippen LogP contribution in [0.3, 0.4) is 0 Å². The van der Waals surface area contributed by atoms with Gasteiger partial charge in [-0.2, -0.15) is 9.97 Å². The Labute approximate surface area is 187 Å². The molecule has 4 aromatic rings. The second-order valence-electron chi connectivity index (χ2n) is 6.89. The molecule has 162 valence electrons. The van der Waals surface area contributed by atoms with Crippen LogP contribution in [0.2, 0.25) is 5.15 Å². The van der Waals surface area contributed by atoms with E-state index >= 15 is 0 Å². The zero-order valence-corrected chi connectivity index (χ0v) is 17.4. The van der Waals surface area contributed by atoms with Gasteiger partial charge in [0, 0.05) is 6.42 Å². The lowest BCUT2D eigenvalue weighted by Crippen LogP contribution is -2.21. The predicted molar refractivity (Wildman–Crippen MR) is 117 cm³/mol. The Morgan fingerprint density at radius 1 is 1.03 bits per heavy atom. The molecule has 2 heterocycles. The number of anilines is 1. The number of aliphatic carboxylic acids is 1. The number of hydrogen-bond donors (Lipinski definition) is 2. The number of ether oxygens (including phenoxy) is 1. The van der Waals surface area contributed by atoms with Gasteiger partial charge in [0.05, 0.1) is 6.33 Å². The van der Waals surface area contributed by atoms with Gasteiger partial charge in [-0.1, -0.05) is 72.3 Å². The van der Waals surface area contributed by atoms with Crippen molar-refractivity contribution in [1.29, 1.82) is 0 Å². The summed E-state index contributed by atoms with van der Waals surface area (Å²) >= 11 is 6.21. The van der Waals surface area contributed by atoms with Gasteiger partial charge in [-0.3, -0.25) is 5.32 Å². The van der Waals surface area contributed by atoms with E-state index in [-0.39, 0.29) is 35.3 Å². The van der Waals surface area contributed by atoms with Crippen molar-refractivity contribution in [3.8, 4) is 0 Å². The van der Waals surface area contributed by atoms with Crippen LogP contribution in [0.25, 0.3) is 11.2 Å². The number of benzene rings is 2. The minimum Gasteiger partial charge on any atom is -0.480 e. The van der Waals surface area contributed by atoms with E-state index in [1.165, 1.54) is 10.9 Å². The summed E-state index contributed by atoms with van der Waals surface area (Å²) < 4.78 is 6.57. The molecule has 0 fully saturated rings.